The molecule has 0 aliphatic rings. The fourth-order valence-electron chi connectivity index (χ4n) is 5.37. The van der Waals surface area contributed by atoms with Crippen LogP contribution in [0.1, 0.15) is 0 Å². The summed E-state index contributed by atoms with van der Waals surface area (Å²) in [4.78, 5) is 0. The van der Waals surface area contributed by atoms with E-state index in [1.807, 2.05) is 0 Å². The van der Waals surface area contributed by atoms with Crippen molar-refractivity contribution >= 4 is 43.4 Å². The molecular weight excluding hydrogens is 398 g/mol. The maximum atomic E-state index is 2.38. The van der Waals surface area contributed by atoms with Gasteiger partial charge in [-0.1, -0.05) is 103 Å². The van der Waals surface area contributed by atoms with E-state index >= 15 is 0 Å². The van der Waals surface area contributed by atoms with Gasteiger partial charge in [0.2, 0.25) is 0 Å². The van der Waals surface area contributed by atoms with Crippen LogP contribution in [-0.2, 0) is 0 Å². The van der Waals surface area contributed by atoms with Gasteiger partial charge in [0.25, 0.3) is 0 Å². The molecule has 0 atom stereocenters. The maximum absolute atomic E-state index is 2.38. The van der Waals surface area contributed by atoms with Crippen molar-refractivity contribution in [3.05, 3.63) is 127 Å². The predicted molar refractivity (Wildman–Crippen MR) is 141 cm³/mol. The molecule has 0 bridgehead atoms. The number of rotatable bonds is 2. The molecule has 154 valence electrons. The number of hydrogen-bond donors (Lipinski definition) is 0. The van der Waals surface area contributed by atoms with Crippen molar-refractivity contribution in [2.45, 2.75) is 0 Å². The normalized spacial score (nSPS) is 11.6. The highest BCUT2D eigenvalue weighted by atomic mass is 15.0. The van der Waals surface area contributed by atoms with Crippen LogP contribution >= 0.6 is 0 Å². The lowest BCUT2D eigenvalue weighted by Gasteiger charge is -2.12. The predicted octanol–water partition coefficient (Wildman–Crippen LogP) is 8.76. The summed E-state index contributed by atoms with van der Waals surface area (Å²) < 4.78 is 2.38. The molecule has 0 amide bonds. The molecule has 0 fully saturated rings. The zero-order valence-corrected chi connectivity index (χ0v) is 18.1. The van der Waals surface area contributed by atoms with Gasteiger partial charge in [-0.2, -0.15) is 0 Å². The van der Waals surface area contributed by atoms with Gasteiger partial charge < -0.3 is 4.57 Å². The molecule has 0 unspecified atom stereocenters. The standard InChI is InChI=1S/C32H21N/c1-2-11-23(12-3-1)33-30-18-7-6-14-29(30)32-28(17-9-19-31(32)33)26-16-8-15-25-24-13-5-4-10-22(24)20-21-27(25)26/h1-21H. The van der Waals surface area contributed by atoms with E-state index in [1.54, 1.807) is 0 Å². The van der Waals surface area contributed by atoms with Crippen LogP contribution < -0.4 is 0 Å². The molecule has 6 aromatic carbocycles. The molecule has 0 N–H and O–H groups in total. The van der Waals surface area contributed by atoms with Crippen LogP contribution in [0, 0.1) is 0 Å². The minimum Gasteiger partial charge on any atom is -0.309 e. The Morgan fingerprint density at radius 2 is 1.03 bits per heavy atom. The number of benzene rings is 6. The third-order valence-corrected chi connectivity index (χ3v) is 6.79. The second kappa shape index (κ2) is 7.08. The van der Waals surface area contributed by atoms with E-state index in [-0.39, 0.29) is 0 Å². The Hall–Kier alpha value is -4.36. The first-order chi connectivity index (χ1) is 16.4. The van der Waals surface area contributed by atoms with E-state index < -0.39 is 0 Å². The van der Waals surface area contributed by atoms with E-state index in [0.717, 1.165) is 0 Å². The summed E-state index contributed by atoms with van der Waals surface area (Å²) >= 11 is 0. The lowest BCUT2D eigenvalue weighted by Crippen LogP contribution is -1.93. The molecule has 7 rings (SSSR count). The molecule has 0 radical (unpaired) electrons. The Labute approximate surface area is 192 Å². The molecular formula is C32H21N. The fraction of sp³-hybridized carbons (Fsp3) is 0. The Bertz CT molecular complexity index is 1810. The smallest absolute Gasteiger partial charge is 0.0547 e. The summed E-state index contributed by atoms with van der Waals surface area (Å²) in [6.45, 7) is 0. The number of aromatic nitrogens is 1. The van der Waals surface area contributed by atoms with Crippen LogP contribution in [0.4, 0.5) is 0 Å². The molecule has 1 heterocycles. The van der Waals surface area contributed by atoms with Gasteiger partial charge in [0.05, 0.1) is 11.0 Å². The largest absolute Gasteiger partial charge is 0.309 e. The summed E-state index contributed by atoms with van der Waals surface area (Å²) in [5, 5.41) is 7.76. The third kappa shape index (κ3) is 2.66. The Morgan fingerprint density at radius 3 is 1.94 bits per heavy atom. The van der Waals surface area contributed by atoms with Crippen molar-refractivity contribution in [3.8, 4) is 16.8 Å². The van der Waals surface area contributed by atoms with Crippen LogP contribution in [0.5, 0.6) is 0 Å². The van der Waals surface area contributed by atoms with Crippen molar-refractivity contribution in [1.82, 2.24) is 4.57 Å². The average molecular weight is 420 g/mol. The topological polar surface area (TPSA) is 4.93 Å². The van der Waals surface area contributed by atoms with Crippen molar-refractivity contribution < 1.29 is 0 Å². The van der Waals surface area contributed by atoms with Crippen LogP contribution in [-0.4, -0.2) is 4.57 Å². The van der Waals surface area contributed by atoms with Crippen LogP contribution in [0.3, 0.4) is 0 Å². The van der Waals surface area contributed by atoms with E-state index in [9.17, 15) is 0 Å². The summed E-state index contributed by atoms with van der Waals surface area (Å²) in [7, 11) is 0. The molecule has 0 aliphatic carbocycles. The number of fused-ring (bicyclic) bond motifs is 6. The van der Waals surface area contributed by atoms with Crippen LogP contribution in [0.2, 0.25) is 0 Å². The quantitative estimate of drug-likeness (QED) is 0.247. The van der Waals surface area contributed by atoms with Crippen LogP contribution in [0.15, 0.2) is 127 Å². The lowest BCUT2D eigenvalue weighted by molar-refractivity contribution is 1.18. The zero-order valence-electron chi connectivity index (χ0n) is 18.1. The van der Waals surface area contributed by atoms with E-state index in [0.29, 0.717) is 0 Å². The van der Waals surface area contributed by atoms with Crippen molar-refractivity contribution in [1.29, 1.82) is 0 Å². The zero-order chi connectivity index (χ0) is 21.8. The van der Waals surface area contributed by atoms with Crippen molar-refractivity contribution in [2.24, 2.45) is 0 Å². The molecule has 0 saturated carbocycles. The first-order valence-corrected chi connectivity index (χ1v) is 11.4. The van der Waals surface area contributed by atoms with E-state index in [2.05, 4.69) is 132 Å². The molecule has 1 aromatic heterocycles. The van der Waals surface area contributed by atoms with Crippen molar-refractivity contribution in [2.75, 3.05) is 0 Å². The van der Waals surface area contributed by atoms with Gasteiger partial charge in [0, 0.05) is 16.5 Å². The van der Waals surface area contributed by atoms with Gasteiger partial charge in [0.15, 0.2) is 0 Å². The Kier molecular flexibility index (Phi) is 3.91. The molecule has 7 aromatic rings. The number of nitrogens with zero attached hydrogens (tertiary/aromatic N) is 1. The molecule has 33 heavy (non-hydrogen) atoms. The van der Waals surface area contributed by atoms with Gasteiger partial charge in [-0.05, 0) is 56.9 Å². The van der Waals surface area contributed by atoms with Gasteiger partial charge in [-0.3, -0.25) is 0 Å². The molecule has 0 saturated heterocycles. The third-order valence-electron chi connectivity index (χ3n) is 6.79. The summed E-state index contributed by atoms with van der Waals surface area (Å²) in [5.74, 6) is 0. The number of hydrogen-bond acceptors (Lipinski definition) is 0. The first-order valence-electron chi connectivity index (χ1n) is 11.4. The van der Waals surface area contributed by atoms with Gasteiger partial charge in [-0.15, -0.1) is 0 Å². The SMILES string of the molecule is c1ccc(-n2c3ccccc3c3c(-c4cccc5c4ccc4ccccc45)cccc32)cc1. The van der Waals surface area contributed by atoms with Gasteiger partial charge in [-0.25, -0.2) is 0 Å². The Morgan fingerprint density at radius 1 is 0.364 bits per heavy atom. The average Bonchev–Trinajstić information content (AvgIpc) is 3.23. The minimum atomic E-state index is 1.18. The van der Waals surface area contributed by atoms with E-state index in [4.69, 9.17) is 0 Å². The molecule has 0 aliphatic heterocycles. The first kappa shape index (κ1) is 18.2. The van der Waals surface area contributed by atoms with Gasteiger partial charge in [0.1, 0.15) is 0 Å². The minimum absolute atomic E-state index is 1.18. The summed E-state index contributed by atoms with van der Waals surface area (Å²) in [6.07, 6.45) is 0. The number of para-hydroxylation sites is 2. The lowest BCUT2D eigenvalue weighted by atomic mass is 9.92. The second-order valence-electron chi connectivity index (χ2n) is 8.58. The highest BCUT2D eigenvalue weighted by molar-refractivity contribution is 6.20. The second-order valence-corrected chi connectivity index (χ2v) is 8.58. The summed E-state index contributed by atoms with van der Waals surface area (Å²) in [6, 6.07) is 46.0. The Balaban J connectivity index is 1.62. The monoisotopic (exact) mass is 419 g/mol. The van der Waals surface area contributed by atoms with Gasteiger partial charge >= 0.3 is 0 Å². The van der Waals surface area contributed by atoms with E-state index in [1.165, 1.54) is 60.2 Å². The molecule has 1 heteroatoms. The highest BCUT2D eigenvalue weighted by Crippen LogP contribution is 2.41. The maximum Gasteiger partial charge on any atom is 0.0547 e. The molecule has 1 nitrogen and oxygen atoms in total. The fourth-order valence-corrected chi connectivity index (χ4v) is 5.37. The van der Waals surface area contributed by atoms with Crippen LogP contribution in [0.25, 0.3) is 60.2 Å². The highest BCUT2D eigenvalue weighted by Gasteiger charge is 2.17. The molecule has 0 spiro atoms. The summed E-state index contributed by atoms with van der Waals surface area (Å²) in [5.41, 5.74) is 6.21. The van der Waals surface area contributed by atoms with Crippen molar-refractivity contribution in [3.63, 3.8) is 0 Å².